The van der Waals surface area contributed by atoms with Crippen molar-refractivity contribution in [1.29, 1.82) is 0 Å². The Hall–Kier alpha value is -1.92. The van der Waals surface area contributed by atoms with Gasteiger partial charge in [-0.3, -0.25) is 9.59 Å². The maximum atomic E-state index is 12.6. The van der Waals surface area contributed by atoms with E-state index in [-0.39, 0.29) is 18.4 Å². The van der Waals surface area contributed by atoms with E-state index < -0.39 is 5.41 Å². The molecule has 2 aliphatic heterocycles. The molecule has 2 heterocycles. The minimum Gasteiger partial charge on any atom is -0.381 e. The molecule has 27 heavy (non-hydrogen) atoms. The summed E-state index contributed by atoms with van der Waals surface area (Å²) in [5, 5.41) is 2.83. The van der Waals surface area contributed by atoms with E-state index in [2.05, 4.69) is 29.6 Å². The lowest BCUT2D eigenvalue weighted by molar-refractivity contribution is -0.140. The lowest BCUT2D eigenvalue weighted by Gasteiger charge is -2.35. The Bertz CT molecular complexity index is 621. The number of likely N-dealkylation sites (tertiary alicyclic amines) is 1. The highest BCUT2D eigenvalue weighted by molar-refractivity contribution is 5.88. The zero-order valence-corrected chi connectivity index (χ0v) is 16.0. The molecule has 2 amide bonds. The third kappa shape index (κ3) is 5.08. The molecule has 0 saturated carbocycles. The molecule has 0 unspecified atom stereocenters. The summed E-state index contributed by atoms with van der Waals surface area (Å²) in [5.41, 5.74) is 6.63. The van der Waals surface area contributed by atoms with Crippen LogP contribution in [0.15, 0.2) is 30.3 Å². The zero-order chi connectivity index (χ0) is 19.1. The summed E-state index contributed by atoms with van der Waals surface area (Å²) < 4.78 is 5.34. The van der Waals surface area contributed by atoms with Crippen LogP contribution in [0.5, 0.6) is 0 Å². The normalized spacial score (nSPS) is 20.3. The Labute approximate surface area is 161 Å². The molecule has 2 fully saturated rings. The van der Waals surface area contributed by atoms with Crippen LogP contribution in [-0.4, -0.2) is 56.1 Å². The maximum Gasteiger partial charge on any atom is 0.241 e. The summed E-state index contributed by atoms with van der Waals surface area (Å²) in [6, 6.07) is 10.5. The fraction of sp³-hybridized carbons (Fsp3) is 0.619. The highest BCUT2D eigenvalue weighted by Crippen LogP contribution is 2.29. The molecule has 2 saturated heterocycles. The minimum atomic E-state index is -0.582. The quantitative estimate of drug-likeness (QED) is 0.788. The van der Waals surface area contributed by atoms with Gasteiger partial charge in [0.2, 0.25) is 11.8 Å². The van der Waals surface area contributed by atoms with E-state index in [1.54, 1.807) is 0 Å². The van der Waals surface area contributed by atoms with Crippen LogP contribution < -0.4 is 11.1 Å². The first kappa shape index (κ1) is 19.8. The van der Waals surface area contributed by atoms with Crippen molar-refractivity contribution in [1.82, 2.24) is 10.2 Å². The van der Waals surface area contributed by atoms with Gasteiger partial charge in [-0.15, -0.1) is 0 Å². The number of hydrogen-bond donors (Lipinski definition) is 2. The third-order valence-electron chi connectivity index (χ3n) is 6.06. The van der Waals surface area contributed by atoms with Crippen LogP contribution >= 0.6 is 0 Å². The van der Waals surface area contributed by atoms with E-state index in [9.17, 15) is 9.59 Å². The number of nitrogens with one attached hydrogen (secondary N) is 1. The van der Waals surface area contributed by atoms with Crippen LogP contribution in [0.4, 0.5) is 0 Å². The number of amides is 2. The first-order valence-corrected chi connectivity index (χ1v) is 10.0. The number of piperidine rings is 1. The van der Waals surface area contributed by atoms with Gasteiger partial charge in [-0.1, -0.05) is 30.3 Å². The van der Waals surface area contributed by atoms with Crippen molar-refractivity contribution in [2.24, 2.45) is 17.1 Å². The molecule has 1 aromatic rings. The van der Waals surface area contributed by atoms with Gasteiger partial charge in [-0.25, -0.2) is 0 Å². The number of rotatable bonds is 6. The summed E-state index contributed by atoms with van der Waals surface area (Å²) >= 11 is 0. The Morgan fingerprint density at radius 1 is 1.15 bits per heavy atom. The van der Waals surface area contributed by atoms with Crippen molar-refractivity contribution < 1.29 is 14.3 Å². The van der Waals surface area contributed by atoms with E-state index in [4.69, 9.17) is 10.5 Å². The van der Waals surface area contributed by atoms with E-state index in [0.717, 1.165) is 32.4 Å². The number of nitrogens with two attached hydrogens (primary N) is 1. The van der Waals surface area contributed by atoms with Crippen molar-refractivity contribution in [3.05, 3.63) is 35.9 Å². The Balaban J connectivity index is 1.42. The second-order valence-electron chi connectivity index (χ2n) is 7.79. The molecule has 0 bridgehead atoms. The third-order valence-corrected chi connectivity index (χ3v) is 6.06. The van der Waals surface area contributed by atoms with E-state index in [1.807, 2.05) is 11.0 Å². The average molecular weight is 373 g/mol. The molecule has 2 aliphatic rings. The fourth-order valence-corrected chi connectivity index (χ4v) is 4.08. The van der Waals surface area contributed by atoms with Crippen molar-refractivity contribution >= 4 is 11.8 Å². The summed E-state index contributed by atoms with van der Waals surface area (Å²) in [6.45, 7) is 2.98. The zero-order valence-electron chi connectivity index (χ0n) is 16.0. The van der Waals surface area contributed by atoms with E-state index in [0.29, 0.717) is 38.5 Å². The summed E-state index contributed by atoms with van der Waals surface area (Å²) in [5.74, 6) is 0.509. The number of carbonyl (C=O) groups excluding carboxylic acids is 2. The predicted octanol–water partition coefficient (Wildman–Crippen LogP) is 1.34. The summed E-state index contributed by atoms with van der Waals surface area (Å²) in [4.78, 5) is 27.0. The Morgan fingerprint density at radius 2 is 1.81 bits per heavy atom. The fourth-order valence-electron chi connectivity index (χ4n) is 4.08. The average Bonchev–Trinajstić information content (AvgIpc) is 2.73. The molecule has 3 rings (SSSR count). The van der Waals surface area contributed by atoms with Crippen molar-refractivity contribution in [3.8, 4) is 0 Å². The van der Waals surface area contributed by atoms with Crippen LogP contribution in [0.1, 0.15) is 31.2 Å². The first-order valence-electron chi connectivity index (χ1n) is 10.0. The highest BCUT2D eigenvalue weighted by atomic mass is 16.5. The molecule has 0 aromatic heterocycles. The SMILES string of the molecule is NCC1(C(=O)NCC(=O)N2CCC(Cc3ccccc3)CC2)CCOCC1. The molecular formula is C21H31N3O3. The lowest BCUT2D eigenvalue weighted by Crippen LogP contribution is -2.52. The molecule has 148 valence electrons. The standard InChI is InChI=1S/C21H31N3O3/c22-16-21(8-12-27-13-9-21)20(26)23-15-19(25)24-10-6-18(7-11-24)14-17-4-2-1-3-5-17/h1-5,18H,6-16,22H2,(H,23,26). The molecule has 0 aliphatic carbocycles. The Morgan fingerprint density at radius 3 is 2.44 bits per heavy atom. The number of nitrogens with zero attached hydrogens (tertiary/aromatic N) is 1. The van der Waals surface area contributed by atoms with Gasteiger partial charge >= 0.3 is 0 Å². The number of hydrogen-bond acceptors (Lipinski definition) is 4. The van der Waals surface area contributed by atoms with Gasteiger partial charge in [0, 0.05) is 32.8 Å². The highest BCUT2D eigenvalue weighted by Gasteiger charge is 2.39. The molecule has 1 aromatic carbocycles. The van der Waals surface area contributed by atoms with E-state index in [1.165, 1.54) is 5.56 Å². The Kier molecular flexibility index (Phi) is 6.85. The van der Waals surface area contributed by atoms with Crippen LogP contribution in [0, 0.1) is 11.3 Å². The molecule has 6 heteroatoms. The summed E-state index contributed by atoms with van der Waals surface area (Å²) in [7, 11) is 0. The molecule has 0 spiro atoms. The molecular weight excluding hydrogens is 342 g/mol. The van der Waals surface area contributed by atoms with Crippen molar-refractivity contribution in [2.75, 3.05) is 39.4 Å². The predicted molar refractivity (Wildman–Crippen MR) is 104 cm³/mol. The number of benzene rings is 1. The van der Waals surface area contributed by atoms with Gasteiger partial charge in [-0.2, -0.15) is 0 Å². The molecule has 6 nitrogen and oxygen atoms in total. The van der Waals surface area contributed by atoms with Gasteiger partial charge in [0.25, 0.3) is 0 Å². The van der Waals surface area contributed by atoms with Gasteiger partial charge in [0.15, 0.2) is 0 Å². The largest absolute Gasteiger partial charge is 0.381 e. The second-order valence-corrected chi connectivity index (χ2v) is 7.79. The van der Waals surface area contributed by atoms with Gasteiger partial charge < -0.3 is 20.7 Å². The minimum absolute atomic E-state index is 0.000687. The lowest BCUT2D eigenvalue weighted by atomic mass is 9.79. The molecule has 3 N–H and O–H groups in total. The summed E-state index contributed by atoms with van der Waals surface area (Å²) in [6.07, 6.45) is 4.33. The van der Waals surface area contributed by atoms with Crippen LogP contribution in [0.25, 0.3) is 0 Å². The van der Waals surface area contributed by atoms with Crippen LogP contribution in [-0.2, 0) is 20.7 Å². The number of carbonyl (C=O) groups is 2. The van der Waals surface area contributed by atoms with Crippen LogP contribution in [0.3, 0.4) is 0 Å². The van der Waals surface area contributed by atoms with Crippen molar-refractivity contribution in [3.63, 3.8) is 0 Å². The number of ether oxygens (including phenoxy) is 1. The monoisotopic (exact) mass is 373 g/mol. The maximum absolute atomic E-state index is 12.6. The first-order chi connectivity index (χ1) is 13.1. The van der Waals surface area contributed by atoms with Gasteiger partial charge in [-0.05, 0) is 43.6 Å². The molecule has 0 atom stereocenters. The molecule has 0 radical (unpaired) electrons. The smallest absolute Gasteiger partial charge is 0.241 e. The van der Waals surface area contributed by atoms with Crippen LogP contribution in [0.2, 0.25) is 0 Å². The topological polar surface area (TPSA) is 84.7 Å². The van der Waals surface area contributed by atoms with Gasteiger partial charge in [0.1, 0.15) is 0 Å². The van der Waals surface area contributed by atoms with Gasteiger partial charge in [0.05, 0.1) is 12.0 Å². The van der Waals surface area contributed by atoms with Crippen molar-refractivity contribution in [2.45, 2.75) is 32.1 Å². The van der Waals surface area contributed by atoms with E-state index >= 15 is 0 Å². The second kappa shape index (κ2) is 9.33.